The van der Waals surface area contributed by atoms with E-state index in [4.69, 9.17) is 0 Å². The number of rotatable bonds is 14. The number of hydrogen-bond donors (Lipinski definition) is 1. The lowest BCUT2D eigenvalue weighted by atomic mass is 9.93. The Balaban J connectivity index is 1.67. The van der Waals surface area contributed by atoms with Crippen molar-refractivity contribution in [2.75, 3.05) is 40.3 Å². The molecule has 4 aromatic rings. The van der Waals surface area contributed by atoms with E-state index < -0.39 is 5.97 Å². The monoisotopic (exact) mass is 578 g/mol. The van der Waals surface area contributed by atoms with Crippen LogP contribution in [0.5, 0.6) is 0 Å². The van der Waals surface area contributed by atoms with Crippen molar-refractivity contribution in [3.05, 3.63) is 126 Å². The number of aliphatic carboxylic acids is 1. The maximum absolute atomic E-state index is 14.1. The van der Waals surface area contributed by atoms with Gasteiger partial charge in [0.1, 0.15) is 0 Å². The molecule has 0 saturated heterocycles. The predicted molar refractivity (Wildman–Crippen MR) is 168 cm³/mol. The number of amides is 2. The van der Waals surface area contributed by atoms with Crippen LogP contribution in [0.15, 0.2) is 103 Å². The molecule has 1 aromatic heterocycles. The highest BCUT2D eigenvalue weighted by atomic mass is 16.4. The van der Waals surface area contributed by atoms with Gasteiger partial charge in [0.25, 0.3) is 11.8 Å². The van der Waals surface area contributed by atoms with Crippen molar-refractivity contribution in [1.82, 2.24) is 19.7 Å². The summed E-state index contributed by atoms with van der Waals surface area (Å²) in [5.74, 6) is -1.38. The van der Waals surface area contributed by atoms with Gasteiger partial charge in [0.2, 0.25) is 0 Å². The first-order chi connectivity index (χ1) is 20.8. The summed E-state index contributed by atoms with van der Waals surface area (Å²) in [4.78, 5) is 49.2. The van der Waals surface area contributed by atoms with Crippen molar-refractivity contribution >= 4 is 17.8 Å². The summed E-state index contributed by atoms with van der Waals surface area (Å²) in [6.07, 6.45) is 3.80. The lowest BCUT2D eigenvalue weighted by molar-refractivity contribution is -0.137. The molecular weight excluding hydrogens is 540 g/mol. The Bertz CT molecular complexity index is 1510. The minimum absolute atomic E-state index is 0.0682. The molecule has 0 unspecified atom stereocenters. The molecular formula is C35H38N4O4. The van der Waals surface area contributed by atoms with E-state index in [2.05, 4.69) is 4.98 Å². The molecule has 0 saturated carbocycles. The second-order valence-corrected chi connectivity index (χ2v) is 10.7. The molecule has 0 aliphatic heterocycles. The maximum atomic E-state index is 14.1. The number of carboxylic acid groups (broad SMARTS) is 1. The number of pyridine rings is 1. The normalized spacial score (nSPS) is 10.9. The third-order valence-electron chi connectivity index (χ3n) is 7.20. The molecule has 0 atom stereocenters. The molecule has 1 N–H and O–H groups in total. The van der Waals surface area contributed by atoms with Crippen LogP contribution in [0.25, 0.3) is 11.1 Å². The van der Waals surface area contributed by atoms with Crippen molar-refractivity contribution < 1.29 is 19.5 Å². The number of carbonyl (C=O) groups is 3. The van der Waals surface area contributed by atoms with Gasteiger partial charge in [0, 0.05) is 56.2 Å². The second kappa shape index (κ2) is 15.4. The highest BCUT2D eigenvalue weighted by Gasteiger charge is 2.24. The molecule has 1 heterocycles. The Hall–Kier alpha value is -4.82. The van der Waals surface area contributed by atoms with Gasteiger partial charge in [-0.15, -0.1) is 0 Å². The molecule has 8 nitrogen and oxygen atoms in total. The molecule has 4 rings (SSSR count). The lowest BCUT2D eigenvalue weighted by Crippen LogP contribution is -2.36. The van der Waals surface area contributed by atoms with E-state index in [1.807, 2.05) is 96.7 Å². The van der Waals surface area contributed by atoms with Crippen LogP contribution in [0, 0.1) is 0 Å². The fourth-order valence-corrected chi connectivity index (χ4v) is 4.88. The van der Waals surface area contributed by atoms with E-state index in [-0.39, 0.29) is 24.8 Å². The average Bonchev–Trinajstić information content (AvgIpc) is 3.03. The van der Waals surface area contributed by atoms with Gasteiger partial charge in [0.05, 0.1) is 6.42 Å². The summed E-state index contributed by atoms with van der Waals surface area (Å²) in [7, 11) is 3.96. The van der Waals surface area contributed by atoms with Crippen LogP contribution in [0.4, 0.5) is 0 Å². The Morgan fingerprint density at radius 2 is 1.23 bits per heavy atom. The fourth-order valence-electron chi connectivity index (χ4n) is 4.88. The van der Waals surface area contributed by atoms with E-state index >= 15 is 0 Å². The standard InChI is InChI=1S/C35H38N4O4/c1-37(2)23-24-39(26-28-11-4-3-5-12-28)35(43)32-17-9-7-15-30(32)29-14-6-8-16-31(29)34(42)38(22-19-33(40)41)21-18-27-13-10-20-36-25-27/h3-17,20,25H,18-19,21-24,26H2,1-2H3,(H,40,41). The number of aromatic nitrogens is 1. The Kier molecular flexibility index (Phi) is 11.2. The minimum Gasteiger partial charge on any atom is -0.481 e. The fraction of sp³-hybridized carbons (Fsp3) is 0.257. The SMILES string of the molecule is CN(C)CCN(Cc1ccccc1)C(=O)c1ccccc1-c1ccccc1C(=O)N(CCC(=O)O)CCc1cccnc1. The quantitative estimate of drug-likeness (QED) is 0.224. The largest absolute Gasteiger partial charge is 0.481 e. The number of carbonyl (C=O) groups excluding carboxylic acids is 2. The van der Waals surface area contributed by atoms with Gasteiger partial charge in [-0.2, -0.15) is 0 Å². The zero-order valence-corrected chi connectivity index (χ0v) is 24.7. The third-order valence-corrected chi connectivity index (χ3v) is 7.20. The molecule has 3 aromatic carbocycles. The molecule has 222 valence electrons. The molecule has 0 radical (unpaired) electrons. The Morgan fingerprint density at radius 3 is 1.81 bits per heavy atom. The Labute approximate surface area is 253 Å². The van der Waals surface area contributed by atoms with Gasteiger partial charge in [-0.1, -0.05) is 72.8 Å². The van der Waals surface area contributed by atoms with E-state index in [9.17, 15) is 19.5 Å². The summed E-state index contributed by atoms with van der Waals surface area (Å²) in [6, 6.07) is 28.2. The van der Waals surface area contributed by atoms with Crippen molar-refractivity contribution in [3.63, 3.8) is 0 Å². The van der Waals surface area contributed by atoms with Gasteiger partial charge >= 0.3 is 5.97 Å². The lowest BCUT2D eigenvalue weighted by Gasteiger charge is -2.26. The molecule has 43 heavy (non-hydrogen) atoms. The van der Waals surface area contributed by atoms with E-state index in [1.165, 1.54) is 0 Å². The van der Waals surface area contributed by atoms with Crippen LogP contribution in [-0.4, -0.2) is 82.8 Å². The number of benzene rings is 3. The number of likely N-dealkylation sites (N-methyl/N-ethyl adjacent to an activating group) is 1. The van der Waals surface area contributed by atoms with Gasteiger partial charge in [-0.25, -0.2) is 0 Å². The molecule has 0 aliphatic carbocycles. The van der Waals surface area contributed by atoms with Crippen molar-refractivity contribution in [1.29, 1.82) is 0 Å². The van der Waals surface area contributed by atoms with Crippen LogP contribution in [0.1, 0.15) is 38.3 Å². The van der Waals surface area contributed by atoms with E-state index in [1.54, 1.807) is 35.5 Å². The molecule has 0 bridgehead atoms. The highest BCUT2D eigenvalue weighted by Crippen LogP contribution is 2.29. The summed E-state index contributed by atoms with van der Waals surface area (Å²) in [6.45, 7) is 2.10. The summed E-state index contributed by atoms with van der Waals surface area (Å²) < 4.78 is 0. The van der Waals surface area contributed by atoms with Crippen LogP contribution in [0.3, 0.4) is 0 Å². The first kappa shape index (κ1) is 31.1. The maximum Gasteiger partial charge on any atom is 0.305 e. The highest BCUT2D eigenvalue weighted by molar-refractivity contribution is 6.06. The van der Waals surface area contributed by atoms with Crippen LogP contribution in [-0.2, 0) is 17.8 Å². The molecule has 0 spiro atoms. The van der Waals surface area contributed by atoms with Gasteiger partial charge in [0.15, 0.2) is 0 Å². The molecule has 8 heteroatoms. The minimum atomic E-state index is -0.973. The van der Waals surface area contributed by atoms with Gasteiger partial charge in [-0.05, 0) is 61.0 Å². The second-order valence-electron chi connectivity index (χ2n) is 10.7. The predicted octanol–water partition coefficient (Wildman–Crippen LogP) is 5.11. The van der Waals surface area contributed by atoms with Crippen LogP contribution in [0.2, 0.25) is 0 Å². The third kappa shape index (κ3) is 8.83. The molecule has 0 fully saturated rings. The zero-order valence-electron chi connectivity index (χ0n) is 24.7. The smallest absolute Gasteiger partial charge is 0.305 e. The first-order valence-electron chi connectivity index (χ1n) is 14.4. The van der Waals surface area contributed by atoms with Crippen molar-refractivity contribution in [2.24, 2.45) is 0 Å². The van der Waals surface area contributed by atoms with Crippen molar-refractivity contribution in [3.8, 4) is 11.1 Å². The van der Waals surface area contributed by atoms with Crippen LogP contribution >= 0.6 is 0 Å². The first-order valence-corrected chi connectivity index (χ1v) is 14.4. The van der Waals surface area contributed by atoms with E-state index in [0.29, 0.717) is 54.9 Å². The number of nitrogens with zero attached hydrogens (tertiary/aromatic N) is 4. The number of carboxylic acids is 1. The van der Waals surface area contributed by atoms with Crippen LogP contribution < -0.4 is 0 Å². The summed E-state index contributed by atoms with van der Waals surface area (Å²) >= 11 is 0. The van der Waals surface area contributed by atoms with Crippen molar-refractivity contribution in [2.45, 2.75) is 19.4 Å². The summed E-state index contributed by atoms with van der Waals surface area (Å²) in [5, 5.41) is 9.37. The Morgan fingerprint density at radius 1 is 0.651 bits per heavy atom. The molecule has 0 aliphatic rings. The van der Waals surface area contributed by atoms with E-state index in [0.717, 1.165) is 11.1 Å². The molecule has 2 amide bonds. The topological polar surface area (TPSA) is 94.1 Å². The average molecular weight is 579 g/mol. The number of hydrogen-bond acceptors (Lipinski definition) is 5. The summed E-state index contributed by atoms with van der Waals surface area (Å²) in [5.41, 5.74) is 4.20. The van der Waals surface area contributed by atoms with Gasteiger partial charge < -0.3 is 19.8 Å². The zero-order chi connectivity index (χ0) is 30.6. The van der Waals surface area contributed by atoms with Gasteiger partial charge in [-0.3, -0.25) is 19.4 Å².